The number of ether oxygens (including phenoxy) is 1. The van der Waals surface area contributed by atoms with Gasteiger partial charge in [-0.2, -0.15) is 0 Å². The number of rotatable bonds is 7. The van der Waals surface area contributed by atoms with Crippen LogP contribution in [0.2, 0.25) is 0 Å². The Labute approximate surface area is 160 Å². The van der Waals surface area contributed by atoms with E-state index in [4.69, 9.17) is 17.0 Å². The molecule has 0 bridgehead atoms. The summed E-state index contributed by atoms with van der Waals surface area (Å²) in [5.74, 6) is 0.303. The minimum absolute atomic E-state index is 0.203. The zero-order valence-electron chi connectivity index (χ0n) is 14.9. The van der Waals surface area contributed by atoms with E-state index in [1.807, 2.05) is 24.3 Å². The highest BCUT2D eigenvalue weighted by molar-refractivity contribution is 7.80. The maximum Gasteiger partial charge on any atom is 0.169 e. The number of para-hydroxylation sites is 1. The number of phenolic OH excluding ortho intramolecular Hbond substituents is 1. The highest BCUT2D eigenvalue weighted by Gasteiger charge is 2.21. The Bertz CT molecular complexity index is 702. The van der Waals surface area contributed by atoms with Gasteiger partial charge >= 0.3 is 0 Å². The van der Waals surface area contributed by atoms with Crippen molar-refractivity contribution in [1.29, 1.82) is 0 Å². The lowest BCUT2D eigenvalue weighted by Crippen LogP contribution is -2.43. The standard InChI is InChI=1S/C21H26N2O2S/c24-20-11-5-4-9-18(20)15-23(16-19-10-6-14-25-19)21(26)22-13-12-17-7-2-1-3-8-17/h1-5,7-9,11,19,24H,6,10,12-16H2,(H,22,26)/t19-/m0/s1. The van der Waals surface area contributed by atoms with Crippen LogP contribution in [0.15, 0.2) is 54.6 Å². The van der Waals surface area contributed by atoms with Crippen LogP contribution in [0, 0.1) is 0 Å². The van der Waals surface area contributed by atoms with E-state index in [1.165, 1.54) is 5.56 Å². The van der Waals surface area contributed by atoms with Crippen molar-refractivity contribution < 1.29 is 9.84 Å². The first-order valence-electron chi connectivity index (χ1n) is 9.17. The van der Waals surface area contributed by atoms with Crippen LogP contribution in [0.25, 0.3) is 0 Å². The molecule has 0 amide bonds. The largest absolute Gasteiger partial charge is 0.508 e. The van der Waals surface area contributed by atoms with Crippen molar-refractivity contribution in [2.45, 2.75) is 31.9 Å². The van der Waals surface area contributed by atoms with Gasteiger partial charge in [-0.1, -0.05) is 48.5 Å². The molecule has 2 aromatic carbocycles. The first kappa shape index (κ1) is 18.7. The molecular weight excluding hydrogens is 344 g/mol. The third-order valence-corrected chi connectivity index (χ3v) is 5.02. The minimum Gasteiger partial charge on any atom is -0.508 e. The van der Waals surface area contributed by atoms with Gasteiger partial charge in [-0.15, -0.1) is 0 Å². The lowest BCUT2D eigenvalue weighted by molar-refractivity contribution is 0.0896. The topological polar surface area (TPSA) is 44.7 Å². The summed E-state index contributed by atoms with van der Waals surface area (Å²) in [5.41, 5.74) is 2.16. The molecule has 5 heteroatoms. The molecule has 1 aliphatic heterocycles. The summed E-state index contributed by atoms with van der Waals surface area (Å²) < 4.78 is 5.78. The molecule has 2 aromatic rings. The fourth-order valence-corrected chi connectivity index (χ4v) is 3.41. The average Bonchev–Trinajstić information content (AvgIpc) is 3.17. The molecule has 3 rings (SSSR count). The first-order chi connectivity index (χ1) is 12.7. The minimum atomic E-state index is 0.203. The van der Waals surface area contributed by atoms with Gasteiger partial charge in [0.2, 0.25) is 0 Å². The Hall–Kier alpha value is -2.11. The predicted molar refractivity (Wildman–Crippen MR) is 108 cm³/mol. The van der Waals surface area contributed by atoms with Crippen LogP contribution in [0.1, 0.15) is 24.0 Å². The molecule has 2 N–H and O–H groups in total. The van der Waals surface area contributed by atoms with Gasteiger partial charge in [0.25, 0.3) is 0 Å². The number of hydrogen-bond donors (Lipinski definition) is 2. The second-order valence-electron chi connectivity index (χ2n) is 6.61. The molecule has 26 heavy (non-hydrogen) atoms. The van der Waals surface area contributed by atoms with Gasteiger partial charge in [0.15, 0.2) is 5.11 Å². The van der Waals surface area contributed by atoms with E-state index >= 15 is 0 Å². The lowest BCUT2D eigenvalue weighted by Gasteiger charge is -2.28. The fraction of sp³-hybridized carbons (Fsp3) is 0.381. The van der Waals surface area contributed by atoms with Crippen LogP contribution in [-0.4, -0.2) is 40.9 Å². The van der Waals surface area contributed by atoms with Crippen molar-refractivity contribution in [2.75, 3.05) is 19.7 Å². The normalized spacial score (nSPS) is 16.4. The van der Waals surface area contributed by atoms with E-state index in [-0.39, 0.29) is 6.10 Å². The summed E-state index contributed by atoms with van der Waals surface area (Å²) in [7, 11) is 0. The van der Waals surface area contributed by atoms with E-state index in [2.05, 4.69) is 34.5 Å². The van der Waals surface area contributed by atoms with Gasteiger partial charge in [-0.25, -0.2) is 0 Å². The maximum atomic E-state index is 10.1. The number of hydrogen-bond acceptors (Lipinski definition) is 3. The van der Waals surface area contributed by atoms with Crippen molar-refractivity contribution >= 4 is 17.3 Å². The number of nitrogens with one attached hydrogen (secondary N) is 1. The van der Waals surface area contributed by atoms with E-state index in [1.54, 1.807) is 6.07 Å². The third-order valence-electron chi connectivity index (χ3n) is 4.62. The quantitative estimate of drug-likeness (QED) is 0.731. The van der Waals surface area contributed by atoms with Crippen LogP contribution in [-0.2, 0) is 17.7 Å². The molecule has 0 unspecified atom stereocenters. The number of aromatic hydroxyl groups is 1. The molecule has 1 saturated heterocycles. The Morgan fingerprint density at radius 1 is 1.15 bits per heavy atom. The molecule has 1 heterocycles. The Kier molecular flexibility index (Phi) is 6.86. The van der Waals surface area contributed by atoms with Crippen molar-refractivity contribution in [3.8, 4) is 5.75 Å². The molecular formula is C21H26N2O2S. The summed E-state index contributed by atoms with van der Waals surface area (Å²) >= 11 is 5.65. The third kappa shape index (κ3) is 5.44. The summed E-state index contributed by atoms with van der Waals surface area (Å²) in [4.78, 5) is 2.10. The Balaban J connectivity index is 1.59. The van der Waals surface area contributed by atoms with E-state index < -0.39 is 0 Å². The fourth-order valence-electron chi connectivity index (χ4n) is 3.17. The summed E-state index contributed by atoms with van der Waals surface area (Å²) in [5, 5.41) is 14.2. The molecule has 1 atom stereocenters. The number of benzene rings is 2. The van der Waals surface area contributed by atoms with E-state index in [9.17, 15) is 5.11 Å². The van der Waals surface area contributed by atoms with Gasteiger partial charge in [0, 0.05) is 31.8 Å². The molecule has 0 radical (unpaired) electrons. The van der Waals surface area contributed by atoms with Gasteiger partial charge in [0.1, 0.15) is 5.75 Å². The Morgan fingerprint density at radius 2 is 1.92 bits per heavy atom. The first-order valence-corrected chi connectivity index (χ1v) is 9.58. The van der Waals surface area contributed by atoms with Crippen molar-refractivity contribution in [1.82, 2.24) is 10.2 Å². The van der Waals surface area contributed by atoms with E-state index in [0.717, 1.165) is 44.5 Å². The second-order valence-corrected chi connectivity index (χ2v) is 7.00. The number of nitrogens with zero attached hydrogens (tertiary/aromatic N) is 1. The van der Waals surface area contributed by atoms with Gasteiger partial charge < -0.3 is 20.1 Å². The van der Waals surface area contributed by atoms with Crippen molar-refractivity contribution in [2.24, 2.45) is 0 Å². The highest BCUT2D eigenvalue weighted by atomic mass is 32.1. The molecule has 0 aliphatic carbocycles. The highest BCUT2D eigenvalue weighted by Crippen LogP contribution is 2.20. The SMILES string of the molecule is Oc1ccccc1CN(C[C@@H]1CCCO1)C(=S)NCCc1ccccc1. The molecule has 1 fully saturated rings. The summed E-state index contributed by atoms with van der Waals surface area (Å²) in [6.07, 6.45) is 3.29. The molecule has 138 valence electrons. The summed E-state index contributed by atoms with van der Waals surface area (Å²) in [6.45, 7) is 2.92. The van der Waals surface area contributed by atoms with Crippen LogP contribution in [0.5, 0.6) is 5.75 Å². The van der Waals surface area contributed by atoms with Crippen molar-refractivity contribution in [3.05, 3.63) is 65.7 Å². The van der Waals surface area contributed by atoms with E-state index in [0.29, 0.717) is 17.4 Å². The summed E-state index contributed by atoms with van der Waals surface area (Å²) in [6, 6.07) is 17.8. The second kappa shape index (κ2) is 9.55. The molecule has 4 nitrogen and oxygen atoms in total. The molecule has 0 aromatic heterocycles. The van der Waals surface area contributed by atoms with Crippen molar-refractivity contribution in [3.63, 3.8) is 0 Å². The van der Waals surface area contributed by atoms with Crippen LogP contribution in [0.4, 0.5) is 0 Å². The monoisotopic (exact) mass is 370 g/mol. The molecule has 1 aliphatic rings. The molecule has 0 saturated carbocycles. The van der Waals surface area contributed by atoms with Crippen LogP contribution < -0.4 is 5.32 Å². The van der Waals surface area contributed by atoms with Gasteiger partial charge in [0.05, 0.1) is 6.10 Å². The molecule has 0 spiro atoms. The zero-order chi connectivity index (χ0) is 18.2. The van der Waals surface area contributed by atoms with Gasteiger partial charge in [-0.05, 0) is 43.1 Å². The number of thiocarbonyl (C=S) groups is 1. The lowest BCUT2D eigenvalue weighted by atomic mass is 10.1. The maximum absolute atomic E-state index is 10.1. The number of phenols is 1. The van der Waals surface area contributed by atoms with Crippen LogP contribution in [0.3, 0.4) is 0 Å². The smallest absolute Gasteiger partial charge is 0.169 e. The average molecular weight is 371 g/mol. The van der Waals surface area contributed by atoms with Gasteiger partial charge in [-0.3, -0.25) is 0 Å². The predicted octanol–water partition coefficient (Wildman–Crippen LogP) is 3.49. The Morgan fingerprint density at radius 3 is 2.65 bits per heavy atom. The van der Waals surface area contributed by atoms with Crippen LogP contribution >= 0.6 is 12.2 Å². The zero-order valence-corrected chi connectivity index (χ0v) is 15.8.